The minimum atomic E-state index is 0. The van der Waals surface area contributed by atoms with E-state index in [2.05, 4.69) is 39.3 Å². The molecule has 0 spiro atoms. The second-order valence-electron chi connectivity index (χ2n) is 5.35. The van der Waals surface area contributed by atoms with Crippen molar-refractivity contribution in [2.24, 2.45) is 16.6 Å². The molecule has 0 atom stereocenters. The van der Waals surface area contributed by atoms with Crippen molar-refractivity contribution in [3.63, 3.8) is 0 Å². The summed E-state index contributed by atoms with van der Waals surface area (Å²) in [7, 11) is 0. The number of aliphatic imine (C=N–C) groups is 1. The molecule has 0 aliphatic rings. The zero-order valence-electron chi connectivity index (χ0n) is 12.9. The van der Waals surface area contributed by atoms with Gasteiger partial charge in [0.1, 0.15) is 6.33 Å². The highest BCUT2D eigenvalue weighted by Gasteiger charge is 2.01. The molecule has 0 amide bonds. The first-order chi connectivity index (χ1) is 10.1. The molecular weight excluding hydrogens is 391 g/mol. The third-order valence-corrected chi connectivity index (χ3v) is 3.08. The van der Waals surface area contributed by atoms with Gasteiger partial charge in [-0.3, -0.25) is 5.10 Å². The quantitative estimate of drug-likeness (QED) is 0.385. The zero-order valence-corrected chi connectivity index (χ0v) is 15.2. The molecule has 0 saturated carbocycles. The van der Waals surface area contributed by atoms with Crippen LogP contribution in [0, 0.1) is 5.92 Å². The van der Waals surface area contributed by atoms with Gasteiger partial charge < -0.3 is 11.1 Å². The number of aromatic nitrogens is 3. The highest BCUT2D eigenvalue weighted by Crippen LogP contribution is 2.15. The fraction of sp³-hybridized carbons (Fsp3) is 0.400. The molecule has 120 valence electrons. The van der Waals surface area contributed by atoms with E-state index in [9.17, 15) is 0 Å². The van der Waals surface area contributed by atoms with Crippen LogP contribution >= 0.6 is 24.0 Å². The topological polar surface area (TPSA) is 92.0 Å². The Morgan fingerprint density at radius 1 is 1.41 bits per heavy atom. The van der Waals surface area contributed by atoms with Crippen LogP contribution in [0.2, 0.25) is 0 Å². The molecule has 1 aromatic heterocycles. The Hall–Kier alpha value is -1.64. The summed E-state index contributed by atoms with van der Waals surface area (Å²) in [6.07, 6.45) is 2.58. The summed E-state index contributed by atoms with van der Waals surface area (Å²) in [5, 5.41) is 9.83. The average molecular weight is 414 g/mol. The molecule has 7 heteroatoms. The standard InChI is InChI=1S/C15H22N6.HI/c1-11(2)6-7-17-15(16)18-9-12-4-3-5-13(8-12)14-19-10-20-21-14;/h3-5,8,10-11H,6-7,9H2,1-2H3,(H3,16,17,18)(H,19,20,21);1H. The van der Waals surface area contributed by atoms with E-state index in [0.29, 0.717) is 18.4 Å². The van der Waals surface area contributed by atoms with Gasteiger partial charge >= 0.3 is 0 Å². The first kappa shape index (κ1) is 18.4. The van der Waals surface area contributed by atoms with Crippen LogP contribution < -0.4 is 11.1 Å². The number of halogens is 1. The molecule has 0 aliphatic heterocycles. The Morgan fingerprint density at radius 2 is 2.23 bits per heavy atom. The molecule has 1 aromatic carbocycles. The van der Waals surface area contributed by atoms with Gasteiger partial charge in [-0.2, -0.15) is 5.10 Å². The summed E-state index contributed by atoms with van der Waals surface area (Å²) < 4.78 is 0. The molecule has 0 aliphatic carbocycles. The van der Waals surface area contributed by atoms with Gasteiger partial charge in [0.15, 0.2) is 11.8 Å². The predicted molar refractivity (Wildman–Crippen MR) is 100 cm³/mol. The molecule has 0 saturated heterocycles. The summed E-state index contributed by atoms with van der Waals surface area (Å²) >= 11 is 0. The maximum atomic E-state index is 5.85. The highest BCUT2D eigenvalue weighted by atomic mass is 127. The maximum absolute atomic E-state index is 5.85. The SMILES string of the molecule is CC(C)CCNC(N)=NCc1cccc(-c2ncn[nH]2)c1.I. The van der Waals surface area contributed by atoms with Gasteiger partial charge in [-0.1, -0.05) is 32.0 Å². The van der Waals surface area contributed by atoms with Crippen molar-refractivity contribution in [3.05, 3.63) is 36.2 Å². The van der Waals surface area contributed by atoms with Crippen LogP contribution in [-0.4, -0.2) is 27.7 Å². The fourth-order valence-corrected chi connectivity index (χ4v) is 1.88. The number of nitrogens with one attached hydrogen (secondary N) is 2. The third-order valence-electron chi connectivity index (χ3n) is 3.08. The number of rotatable bonds is 6. The van der Waals surface area contributed by atoms with Crippen LogP contribution in [0.5, 0.6) is 0 Å². The van der Waals surface area contributed by atoms with Crippen LogP contribution in [0.1, 0.15) is 25.8 Å². The lowest BCUT2D eigenvalue weighted by Gasteiger charge is -2.07. The normalized spacial score (nSPS) is 11.3. The Labute approximate surface area is 148 Å². The highest BCUT2D eigenvalue weighted by molar-refractivity contribution is 14.0. The van der Waals surface area contributed by atoms with Gasteiger partial charge in [-0.05, 0) is 24.0 Å². The van der Waals surface area contributed by atoms with E-state index >= 15 is 0 Å². The Morgan fingerprint density at radius 3 is 2.91 bits per heavy atom. The number of benzene rings is 1. The first-order valence-electron chi connectivity index (χ1n) is 7.13. The van der Waals surface area contributed by atoms with Crippen molar-refractivity contribution in [2.75, 3.05) is 6.54 Å². The number of nitrogens with zero attached hydrogens (tertiary/aromatic N) is 3. The van der Waals surface area contributed by atoms with E-state index in [1.165, 1.54) is 6.33 Å². The molecule has 22 heavy (non-hydrogen) atoms. The van der Waals surface area contributed by atoms with Crippen molar-refractivity contribution in [1.82, 2.24) is 20.5 Å². The second-order valence-corrected chi connectivity index (χ2v) is 5.35. The third kappa shape index (κ3) is 6.00. The zero-order chi connectivity index (χ0) is 15.1. The van der Waals surface area contributed by atoms with E-state index in [4.69, 9.17) is 5.73 Å². The second kappa shape index (κ2) is 9.39. The Bertz CT molecular complexity index is 579. The van der Waals surface area contributed by atoms with Crippen molar-refractivity contribution in [3.8, 4) is 11.4 Å². The summed E-state index contributed by atoms with van der Waals surface area (Å²) in [4.78, 5) is 8.49. The average Bonchev–Trinajstić information content (AvgIpc) is 2.99. The Balaban J connectivity index is 0.00000242. The number of nitrogens with two attached hydrogens (primary N) is 1. The van der Waals surface area contributed by atoms with E-state index in [1.807, 2.05) is 24.3 Å². The van der Waals surface area contributed by atoms with Crippen molar-refractivity contribution in [2.45, 2.75) is 26.8 Å². The van der Waals surface area contributed by atoms with Crippen molar-refractivity contribution in [1.29, 1.82) is 0 Å². The minimum absolute atomic E-state index is 0. The number of hydrogen-bond donors (Lipinski definition) is 3. The monoisotopic (exact) mass is 414 g/mol. The van der Waals surface area contributed by atoms with E-state index in [0.717, 1.165) is 29.9 Å². The molecule has 0 fully saturated rings. The predicted octanol–water partition coefficient (Wildman–Crippen LogP) is 2.54. The number of H-pyrrole nitrogens is 1. The summed E-state index contributed by atoms with van der Waals surface area (Å²) in [5.74, 6) is 1.90. The molecule has 4 N–H and O–H groups in total. The fourth-order valence-electron chi connectivity index (χ4n) is 1.88. The summed E-state index contributed by atoms with van der Waals surface area (Å²) in [6.45, 7) is 5.77. The van der Waals surface area contributed by atoms with Gasteiger partial charge in [-0.15, -0.1) is 24.0 Å². The molecule has 0 unspecified atom stereocenters. The van der Waals surface area contributed by atoms with Gasteiger partial charge in [0.05, 0.1) is 6.54 Å². The number of hydrogen-bond acceptors (Lipinski definition) is 3. The van der Waals surface area contributed by atoms with Crippen LogP contribution in [0.3, 0.4) is 0 Å². The molecule has 6 nitrogen and oxygen atoms in total. The molecule has 0 bridgehead atoms. The van der Waals surface area contributed by atoms with Gasteiger partial charge in [0.25, 0.3) is 0 Å². The van der Waals surface area contributed by atoms with Crippen LogP contribution in [0.15, 0.2) is 35.6 Å². The minimum Gasteiger partial charge on any atom is -0.370 e. The van der Waals surface area contributed by atoms with Gasteiger partial charge in [-0.25, -0.2) is 9.98 Å². The summed E-state index contributed by atoms with van der Waals surface area (Å²) in [6, 6.07) is 8.01. The molecule has 2 aromatic rings. The largest absolute Gasteiger partial charge is 0.370 e. The first-order valence-corrected chi connectivity index (χ1v) is 7.13. The number of guanidine groups is 1. The molecule has 0 radical (unpaired) electrons. The lowest BCUT2D eigenvalue weighted by Crippen LogP contribution is -2.32. The lowest BCUT2D eigenvalue weighted by atomic mass is 10.1. The maximum Gasteiger partial charge on any atom is 0.188 e. The van der Waals surface area contributed by atoms with Gasteiger partial charge in [0.2, 0.25) is 0 Å². The Kier molecular flexibility index (Phi) is 7.86. The van der Waals surface area contributed by atoms with E-state index in [1.54, 1.807) is 0 Å². The van der Waals surface area contributed by atoms with E-state index in [-0.39, 0.29) is 24.0 Å². The van der Waals surface area contributed by atoms with Crippen molar-refractivity contribution < 1.29 is 0 Å². The van der Waals surface area contributed by atoms with Gasteiger partial charge in [0, 0.05) is 12.1 Å². The van der Waals surface area contributed by atoms with E-state index < -0.39 is 0 Å². The molecule has 1 heterocycles. The smallest absolute Gasteiger partial charge is 0.188 e. The number of aromatic amines is 1. The lowest BCUT2D eigenvalue weighted by molar-refractivity contribution is 0.576. The van der Waals surface area contributed by atoms with Crippen LogP contribution in [0.4, 0.5) is 0 Å². The van der Waals surface area contributed by atoms with Crippen LogP contribution in [0.25, 0.3) is 11.4 Å². The van der Waals surface area contributed by atoms with Crippen molar-refractivity contribution >= 4 is 29.9 Å². The molecular formula is C15H23IN6. The van der Waals surface area contributed by atoms with Crippen LogP contribution in [-0.2, 0) is 6.54 Å². The molecule has 2 rings (SSSR count). The summed E-state index contributed by atoms with van der Waals surface area (Å²) in [5.41, 5.74) is 7.92.